The van der Waals surface area contributed by atoms with Gasteiger partial charge in [-0.3, -0.25) is 10.1 Å². The summed E-state index contributed by atoms with van der Waals surface area (Å²) in [5, 5.41) is 15.5. The molecule has 3 N–H and O–H groups in total. The van der Waals surface area contributed by atoms with Gasteiger partial charge in [-0.2, -0.15) is 0 Å². The van der Waals surface area contributed by atoms with Gasteiger partial charge in [-0.1, -0.05) is 13.0 Å². The zero-order valence-corrected chi connectivity index (χ0v) is 11.6. The summed E-state index contributed by atoms with van der Waals surface area (Å²) >= 11 is 2.84. The maximum atomic E-state index is 11.4. The molecule has 0 radical (unpaired) electrons. The third kappa shape index (κ3) is 6.04. The van der Waals surface area contributed by atoms with Crippen molar-refractivity contribution in [3.8, 4) is 0 Å². The number of aliphatic hydroxyl groups excluding tert-OH is 1. The smallest absolute Gasteiger partial charge is 0.321 e. The Bertz CT molecular complexity index is 382. The van der Waals surface area contributed by atoms with E-state index >= 15 is 0 Å². The van der Waals surface area contributed by atoms with Gasteiger partial charge in [-0.25, -0.2) is 4.79 Å². The second kappa shape index (κ2) is 8.12. The highest BCUT2D eigenvalue weighted by Crippen LogP contribution is 2.08. The molecule has 1 heterocycles. The van der Waals surface area contributed by atoms with Crippen LogP contribution in [0, 0.1) is 0 Å². The van der Waals surface area contributed by atoms with Crippen molar-refractivity contribution in [1.29, 1.82) is 0 Å². The van der Waals surface area contributed by atoms with Crippen molar-refractivity contribution in [2.75, 3.05) is 12.4 Å². The monoisotopic (exact) mass is 288 g/mol. The van der Waals surface area contributed by atoms with E-state index in [0.29, 0.717) is 6.54 Å². The van der Waals surface area contributed by atoms with Gasteiger partial charge in [-0.15, -0.1) is 23.1 Å². The van der Waals surface area contributed by atoms with Crippen LogP contribution in [0.25, 0.3) is 0 Å². The quantitative estimate of drug-likeness (QED) is 0.734. The zero-order valence-electron chi connectivity index (χ0n) is 10.0. The first-order valence-corrected chi connectivity index (χ1v) is 7.37. The number of thioether (sulfide) groups is 1. The van der Waals surface area contributed by atoms with Gasteiger partial charge in [0, 0.05) is 10.1 Å². The van der Waals surface area contributed by atoms with Gasteiger partial charge in [0.2, 0.25) is 5.91 Å². The molecule has 7 heteroatoms. The molecule has 0 aromatic carbocycles. The molecule has 0 bridgehead atoms. The van der Waals surface area contributed by atoms with E-state index in [9.17, 15) is 9.59 Å². The van der Waals surface area contributed by atoms with Gasteiger partial charge in [0.25, 0.3) is 0 Å². The highest BCUT2D eigenvalue weighted by atomic mass is 32.2. The highest BCUT2D eigenvalue weighted by Gasteiger charge is 2.09. The molecule has 0 unspecified atom stereocenters. The predicted molar refractivity (Wildman–Crippen MR) is 73.7 cm³/mol. The largest absolute Gasteiger partial charge is 0.395 e. The maximum absolute atomic E-state index is 11.4. The summed E-state index contributed by atoms with van der Waals surface area (Å²) in [5.74, 6) is -0.197. The van der Waals surface area contributed by atoms with Gasteiger partial charge in [0.1, 0.15) is 0 Å². The first-order valence-electron chi connectivity index (χ1n) is 5.44. The average Bonchev–Trinajstić information content (AvgIpc) is 2.86. The molecular formula is C11H16N2O3S2. The fourth-order valence-corrected chi connectivity index (χ4v) is 2.32. The lowest BCUT2D eigenvalue weighted by Gasteiger charge is -2.08. The molecule has 18 heavy (non-hydrogen) atoms. The van der Waals surface area contributed by atoms with E-state index < -0.39 is 6.03 Å². The van der Waals surface area contributed by atoms with Crippen LogP contribution in [-0.4, -0.2) is 34.7 Å². The lowest BCUT2D eigenvalue weighted by atomic mass is 10.5. The minimum Gasteiger partial charge on any atom is -0.395 e. The van der Waals surface area contributed by atoms with Crippen LogP contribution in [0.4, 0.5) is 4.79 Å². The van der Waals surface area contributed by atoms with Crippen LogP contribution in [0.3, 0.4) is 0 Å². The van der Waals surface area contributed by atoms with Crippen LogP contribution in [0.2, 0.25) is 0 Å². The number of hydrogen-bond donors (Lipinski definition) is 3. The van der Waals surface area contributed by atoms with Crippen LogP contribution < -0.4 is 10.6 Å². The lowest BCUT2D eigenvalue weighted by molar-refractivity contribution is -0.117. The minimum absolute atomic E-state index is 0.00932. The van der Waals surface area contributed by atoms with E-state index in [2.05, 4.69) is 10.6 Å². The number of hydrogen-bond acceptors (Lipinski definition) is 5. The Morgan fingerprint density at radius 2 is 2.33 bits per heavy atom. The number of nitrogens with one attached hydrogen (secondary N) is 2. The Morgan fingerprint density at radius 1 is 1.56 bits per heavy atom. The molecule has 0 aliphatic heterocycles. The van der Waals surface area contributed by atoms with Crippen LogP contribution in [0.15, 0.2) is 17.5 Å². The first-order chi connectivity index (χ1) is 8.61. The second-order valence-corrected chi connectivity index (χ2v) is 6.07. The molecule has 1 aromatic heterocycles. The van der Waals surface area contributed by atoms with Gasteiger partial charge in [0.15, 0.2) is 0 Å². The fourth-order valence-electron chi connectivity index (χ4n) is 1.06. The van der Waals surface area contributed by atoms with Crippen molar-refractivity contribution in [3.05, 3.63) is 22.4 Å². The topological polar surface area (TPSA) is 78.4 Å². The second-order valence-electron chi connectivity index (χ2n) is 3.61. The van der Waals surface area contributed by atoms with E-state index in [4.69, 9.17) is 5.11 Å². The molecule has 1 atom stereocenters. The van der Waals surface area contributed by atoms with Crippen molar-refractivity contribution in [3.63, 3.8) is 0 Å². The molecule has 0 fully saturated rings. The Morgan fingerprint density at radius 3 is 2.94 bits per heavy atom. The molecule has 0 saturated carbocycles. The minimum atomic E-state index is -0.495. The molecule has 0 aliphatic rings. The van der Waals surface area contributed by atoms with Crippen LogP contribution in [0.1, 0.15) is 11.8 Å². The first kappa shape index (κ1) is 15.0. The summed E-state index contributed by atoms with van der Waals surface area (Å²) < 4.78 is 0. The summed E-state index contributed by atoms with van der Waals surface area (Å²) in [4.78, 5) is 23.8. The number of carbonyl (C=O) groups excluding carboxylic acids is 2. The van der Waals surface area contributed by atoms with Crippen molar-refractivity contribution < 1.29 is 14.7 Å². The molecule has 1 rings (SSSR count). The van der Waals surface area contributed by atoms with Crippen LogP contribution >= 0.6 is 23.1 Å². The Labute approximate surface area is 114 Å². The fraction of sp³-hybridized carbons (Fsp3) is 0.455. The molecule has 3 amide bonds. The molecule has 0 saturated heterocycles. The molecule has 0 aliphatic carbocycles. The number of imide groups is 1. The maximum Gasteiger partial charge on any atom is 0.321 e. The third-order valence-corrected chi connectivity index (χ3v) is 4.04. The molecule has 0 spiro atoms. The third-order valence-electron chi connectivity index (χ3n) is 2.01. The van der Waals surface area contributed by atoms with E-state index in [-0.39, 0.29) is 23.5 Å². The van der Waals surface area contributed by atoms with E-state index in [1.165, 1.54) is 11.8 Å². The molecular weight excluding hydrogens is 272 g/mol. The highest BCUT2D eigenvalue weighted by molar-refractivity contribution is 8.00. The Kier molecular flexibility index (Phi) is 6.77. The van der Waals surface area contributed by atoms with Crippen molar-refractivity contribution in [1.82, 2.24) is 10.6 Å². The normalized spacial score (nSPS) is 11.9. The standard InChI is InChI=1S/C11H16N2O3S2/c1-8(6-14)18-7-10(15)13-11(16)12-5-9-3-2-4-17-9/h2-4,8,14H,5-7H2,1H3,(H2,12,13,15,16)/t8-/m0/s1. The van der Waals surface area contributed by atoms with E-state index in [0.717, 1.165) is 4.88 Å². The zero-order chi connectivity index (χ0) is 13.4. The van der Waals surface area contributed by atoms with Gasteiger partial charge in [0.05, 0.1) is 18.9 Å². The van der Waals surface area contributed by atoms with Crippen molar-refractivity contribution in [2.45, 2.75) is 18.7 Å². The molecule has 1 aromatic rings. The lowest BCUT2D eigenvalue weighted by Crippen LogP contribution is -2.40. The number of amides is 3. The van der Waals surface area contributed by atoms with Crippen LogP contribution in [-0.2, 0) is 11.3 Å². The van der Waals surface area contributed by atoms with Gasteiger partial charge in [-0.05, 0) is 11.4 Å². The Hall–Kier alpha value is -1.05. The summed E-state index contributed by atoms with van der Waals surface area (Å²) in [6.45, 7) is 2.24. The number of carbonyl (C=O) groups is 2. The number of thiophene rings is 1. The number of rotatable bonds is 6. The number of urea groups is 1. The molecule has 5 nitrogen and oxygen atoms in total. The Balaban J connectivity index is 2.17. The van der Waals surface area contributed by atoms with Crippen LogP contribution in [0.5, 0.6) is 0 Å². The summed E-state index contributed by atoms with van der Waals surface area (Å²) in [5.41, 5.74) is 0. The van der Waals surface area contributed by atoms with Gasteiger partial charge < -0.3 is 10.4 Å². The van der Waals surface area contributed by atoms with E-state index in [1.807, 2.05) is 24.4 Å². The molecule has 100 valence electrons. The average molecular weight is 288 g/mol. The van der Waals surface area contributed by atoms with Crippen molar-refractivity contribution >= 4 is 35.0 Å². The SMILES string of the molecule is C[C@@H](CO)SCC(=O)NC(=O)NCc1cccs1. The van der Waals surface area contributed by atoms with E-state index in [1.54, 1.807) is 11.3 Å². The summed E-state index contributed by atoms with van der Waals surface area (Å²) in [6.07, 6.45) is 0. The number of aliphatic hydroxyl groups is 1. The predicted octanol–water partition coefficient (Wildman–Crippen LogP) is 1.19. The summed E-state index contributed by atoms with van der Waals surface area (Å²) in [6, 6.07) is 3.31. The van der Waals surface area contributed by atoms with Crippen molar-refractivity contribution in [2.24, 2.45) is 0 Å². The summed E-state index contributed by atoms with van der Waals surface area (Å²) in [7, 11) is 0. The van der Waals surface area contributed by atoms with Gasteiger partial charge >= 0.3 is 6.03 Å².